The van der Waals surface area contributed by atoms with Gasteiger partial charge in [0, 0.05) is 43.5 Å². The molecule has 0 bridgehead atoms. The van der Waals surface area contributed by atoms with E-state index in [1.165, 1.54) is 0 Å². The Morgan fingerprint density at radius 1 is 0.750 bits per heavy atom. The third-order valence-corrected chi connectivity index (χ3v) is 11.6. The smallest absolute Gasteiger partial charge is 0.262 e. The first-order valence-corrected chi connectivity index (χ1v) is 19.9. The SMILES string of the molecule is C/C=C1\C(=O)N(Cc2ccc(OC3CC(OC4CCN(CCCCCOc5ccc6c(c5)C(=O)N(C5CCC(=O)NC5=O)C6=O)CC4)C3)cc2)c2ccccc21. The average molecular weight is 761 g/mol. The third kappa shape index (κ3) is 7.85. The van der Waals surface area contributed by atoms with Crippen LogP contribution in [-0.2, 0) is 25.7 Å². The highest BCUT2D eigenvalue weighted by atomic mass is 16.5. The Kier molecular flexibility index (Phi) is 11.0. The van der Waals surface area contributed by atoms with Gasteiger partial charge in [-0.2, -0.15) is 0 Å². The molecule has 0 aromatic heterocycles. The highest BCUT2D eigenvalue weighted by Gasteiger charge is 2.45. The lowest BCUT2D eigenvalue weighted by Crippen LogP contribution is -2.54. The van der Waals surface area contributed by atoms with Crippen molar-refractivity contribution in [1.29, 1.82) is 0 Å². The van der Waals surface area contributed by atoms with E-state index in [1.54, 1.807) is 18.2 Å². The maximum atomic E-state index is 13.1. The van der Waals surface area contributed by atoms with Crippen LogP contribution in [0.15, 0.2) is 72.8 Å². The number of hydrogen-bond acceptors (Lipinski definition) is 9. The molecule has 3 fully saturated rings. The number of allylic oxidation sites excluding steroid dienone is 1. The van der Waals surface area contributed by atoms with Crippen LogP contribution in [0.1, 0.15) is 96.6 Å². The number of benzene rings is 3. The average Bonchev–Trinajstić information content (AvgIpc) is 3.60. The molecule has 5 aliphatic rings. The third-order valence-electron chi connectivity index (χ3n) is 11.6. The minimum Gasteiger partial charge on any atom is -0.494 e. The summed E-state index contributed by atoms with van der Waals surface area (Å²) in [6, 6.07) is 19.9. The van der Waals surface area contributed by atoms with Crippen molar-refractivity contribution >= 4 is 40.8 Å². The van der Waals surface area contributed by atoms with E-state index in [0.717, 1.165) is 97.6 Å². The fourth-order valence-corrected chi connectivity index (χ4v) is 8.40. The van der Waals surface area contributed by atoms with Crippen molar-refractivity contribution in [3.63, 3.8) is 0 Å². The Bertz CT molecular complexity index is 2030. The summed E-state index contributed by atoms with van der Waals surface area (Å²) in [5.74, 6) is -0.678. The van der Waals surface area contributed by atoms with E-state index in [1.807, 2.05) is 66.4 Å². The van der Waals surface area contributed by atoms with E-state index in [-0.39, 0.29) is 48.2 Å². The molecule has 4 heterocycles. The Labute approximate surface area is 326 Å². The number of imide groups is 2. The number of likely N-dealkylation sites (tertiary alicyclic amines) is 1. The van der Waals surface area contributed by atoms with Crippen molar-refractivity contribution in [3.8, 4) is 11.5 Å². The molecule has 12 heteroatoms. The molecule has 12 nitrogen and oxygen atoms in total. The number of fused-ring (bicyclic) bond motifs is 2. The van der Waals surface area contributed by atoms with Gasteiger partial charge in [0.15, 0.2) is 0 Å². The number of para-hydroxylation sites is 1. The number of carbonyl (C=O) groups is 5. The summed E-state index contributed by atoms with van der Waals surface area (Å²) in [4.78, 5) is 68.1. The fourth-order valence-electron chi connectivity index (χ4n) is 8.40. The van der Waals surface area contributed by atoms with Crippen molar-refractivity contribution in [2.45, 2.75) is 95.6 Å². The zero-order chi connectivity index (χ0) is 38.8. The van der Waals surface area contributed by atoms with Crippen LogP contribution in [-0.4, -0.2) is 89.9 Å². The predicted molar refractivity (Wildman–Crippen MR) is 208 cm³/mol. The van der Waals surface area contributed by atoms with Gasteiger partial charge in [0.1, 0.15) is 23.6 Å². The van der Waals surface area contributed by atoms with Crippen molar-refractivity contribution in [2.75, 3.05) is 31.1 Å². The number of nitrogens with zero attached hydrogens (tertiary/aromatic N) is 3. The van der Waals surface area contributed by atoms with Crippen LogP contribution >= 0.6 is 0 Å². The second kappa shape index (κ2) is 16.4. The van der Waals surface area contributed by atoms with Gasteiger partial charge in [-0.15, -0.1) is 0 Å². The van der Waals surface area contributed by atoms with Gasteiger partial charge >= 0.3 is 0 Å². The van der Waals surface area contributed by atoms with Crippen LogP contribution in [0, 0.1) is 0 Å². The number of unbranched alkanes of at least 4 members (excludes halogenated alkanes) is 2. The molecule has 3 aromatic carbocycles. The number of ether oxygens (including phenoxy) is 3. The second-order valence-electron chi connectivity index (χ2n) is 15.3. The zero-order valence-corrected chi connectivity index (χ0v) is 31.7. The lowest BCUT2D eigenvalue weighted by molar-refractivity contribution is -0.136. The van der Waals surface area contributed by atoms with Crippen LogP contribution in [0.2, 0.25) is 0 Å². The maximum Gasteiger partial charge on any atom is 0.262 e. The molecule has 292 valence electrons. The molecular formula is C44H48N4O8. The Morgan fingerprint density at radius 3 is 2.27 bits per heavy atom. The summed E-state index contributed by atoms with van der Waals surface area (Å²) < 4.78 is 18.6. The quantitative estimate of drug-likeness (QED) is 0.125. The lowest BCUT2D eigenvalue weighted by atomic mass is 9.91. The molecule has 0 radical (unpaired) electrons. The predicted octanol–water partition coefficient (Wildman–Crippen LogP) is 5.68. The van der Waals surface area contributed by atoms with Crippen LogP contribution in [0.5, 0.6) is 11.5 Å². The summed E-state index contributed by atoms with van der Waals surface area (Å²) >= 11 is 0. The van der Waals surface area contributed by atoms with Gasteiger partial charge in [0.2, 0.25) is 11.8 Å². The molecule has 0 spiro atoms. The minimum atomic E-state index is -0.982. The maximum absolute atomic E-state index is 13.1. The number of piperidine rings is 2. The van der Waals surface area contributed by atoms with E-state index >= 15 is 0 Å². The van der Waals surface area contributed by atoms with Gasteiger partial charge in [-0.05, 0) is 94.0 Å². The topological polar surface area (TPSA) is 135 Å². The standard InChI is InChI=1S/C44H48N4O8/c1-2-34-35-8-4-5-9-38(35)47(42(34)51)27-28-10-12-29(13-11-28)55-32-24-33(25-32)56-30-18-21-46(22-19-30)20-6-3-7-23-54-31-14-15-36-37(26-31)44(53)48(43(36)52)39-16-17-40(49)45-41(39)50/h2,4-5,8-15,26,30,32-33,39H,3,6-7,16-25,27H2,1H3,(H,45,49,50)/b34-2-. The van der Waals surface area contributed by atoms with Crippen LogP contribution < -0.4 is 19.7 Å². The molecule has 1 unspecified atom stereocenters. The van der Waals surface area contributed by atoms with Crippen LogP contribution in [0.3, 0.4) is 0 Å². The number of rotatable bonds is 14. The highest BCUT2D eigenvalue weighted by molar-refractivity contribution is 6.32. The van der Waals surface area contributed by atoms with Crippen molar-refractivity contribution in [2.24, 2.45) is 0 Å². The van der Waals surface area contributed by atoms with Gasteiger partial charge in [0.25, 0.3) is 17.7 Å². The minimum absolute atomic E-state index is 0.0408. The molecule has 1 atom stereocenters. The van der Waals surface area contributed by atoms with Gasteiger partial charge in [-0.25, -0.2) is 0 Å². The normalized spacial score (nSPS) is 23.3. The number of nitrogens with one attached hydrogen (secondary N) is 1. The molecule has 56 heavy (non-hydrogen) atoms. The molecule has 4 aliphatic heterocycles. The first-order chi connectivity index (χ1) is 27.2. The van der Waals surface area contributed by atoms with Gasteiger partial charge in [-0.1, -0.05) is 36.4 Å². The Hall–Kier alpha value is -5.33. The van der Waals surface area contributed by atoms with Gasteiger partial charge < -0.3 is 24.0 Å². The van der Waals surface area contributed by atoms with Crippen molar-refractivity contribution < 1.29 is 38.2 Å². The lowest BCUT2D eigenvalue weighted by Gasteiger charge is -2.40. The van der Waals surface area contributed by atoms with E-state index < -0.39 is 29.7 Å². The summed E-state index contributed by atoms with van der Waals surface area (Å²) in [7, 11) is 0. The summed E-state index contributed by atoms with van der Waals surface area (Å²) in [5, 5.41) is 2.21. The van der Waals surface area contributed by atoms with Crippen LogP contribution in [0.25, 0.3) is 5.57 Å². The van der Waals surface area contributed by atoms with E-state index in [4.69, 9.17) is 14.2 Å². The molecule has 2 saturated heterocycles. The first-order valence-electron chi connectivity index (χ1n) is 19.9. The Balaban J connectivity index is 0.685. The molecule has 1 N–H and O–H groups in total. The summed E-state index contributed by atoms with van der Waals surface area (Å²) in [5.41, 5.74) is 4.23. The molecular weight excluding hydrogens is 713 g/mol. The monoisotopic (exact) mass is 760 g/mol. The molecule has 1 aliphatic carbocycles. The van der Waals surface area contributed by atoms with E-state index in [0.29, 0.717) is 18.9 Å². The van der Waals surface area contributed by atoms with Gasteiger partial charge in [0.05, 0.1) is 42.2 Å². The first kappa shape index (κ1) is 37.6. The number of hydrogen-bond donors (Lipinski definition) is 1. The van der Waals surface area contributed by atoms with E-state index in [9.17, 15) is 24.0 Å². The molecule has 8 rings (SSSR count). The molecule has 1 saturated carbocycles. The van der Waals surface area contributed by atoms with Crippen molar-refractivity contribution in [1.82, 2.24) is 15.1 Å². The zero-order valence-electron chi connectivity index (χ0n) is 31.7. The molecule has 5 amide bonds. The molecule has 3 aromatic rings. The van der Waals surface area contributed by atoms with Gasteiger partial charge in [-0.3, -0.25) is 34.2 Å². The van der Waals surface area contributed by atoms with E-state index in [2.05, 4.69) is 10.2 Å². The summed E-state index contributed by atoms with van der Waals surface area (Å²) in [6.45, 7) is 6.02. The van der Waals surface area contributed by atoms with Crippen LogP contribution in [0.4, 0.5) is 5.69 Å². The summed E-state index contributed by atoms with van der Waals surface area (Å²) in [6.07, 6.45) is 9.60. The largest absolute Gasteiger partial charge is 0.494 e. The number of carbonyl (C=O) groups excluding carboxylic acids is 5. The highest BCUT2D eigenvalue weighted by Crippen LogP contribution is 2.38. The number of amides is 5. The second-order valence-corrected chi connectivity index (χ2v) is 15.3. The Morgan fingerprint density at radius 2 is 1.50 bits per heavy atom. The van der Waals surface area contributed by atoms with Crippen molar-refractivity contribution in [3.05, 3.63) is 95.1 Å². The number of anilines is 1. The fraction of sp³-hybridized carbons (Fsp3) is 0.432.